The van der Waals surface area contributed by atoms with E-state index in [9.17, 15) is 14.3 Å². The van der Waals surface area contributed by atoms with Crippen molar-refractivity contribution in [2.75, 3.05) is 26.3 Å². The quantitative estimate of drug-likeness (QED) is 0.851. The lowest BCUT2D eigenvalue weighted by Crippen LogP contribution is -2.49. The monoisotopic (exact) mass is 253 g/mol. The molecule has 1 heterocycles. The van der Waals surface area contributed by atoms with Crippen molar-refractivity contribution < 1.29 is 19.0 Å². The molecule has 0 bridgehead atoms. The molecular weight excluding hydrogens is 237 g/mol. The lowest BCUT2D eigenvalue weighted by Gasteiger charge is -2.33. The molecule has 1 N–H and O–H groups in total. The smallest absolute Gasteiger partial charge is 0.259 e. The predicted octanol–water partition coefficient (Wildman–Crippen LogP) is 0.892. The van der Waals surface area contributed by atoms with E-state index >= 15 is 0 Å². The van der Waals surface area contributed by atoms with Gasteiger partial charge in [-0.15, -0.1) is 0 Å². The zero-order chi connectivity index (χ0) is 13.2. The molecule has 1 atom stereocenters. The molecule has 18 heavy (non-hydrogen) atoms. The number of morpholine rings is 1. The third-order valence-corrected chi connectivity index (χ3v) is 3.12. The van der Waals surface area contributed by atoms with Crippen LogP contribution in [0.1, 0.15) is 12.5 Å². The van der Waals surface area contributed by atoms with E-state index in [4.69, 9.17) is 4.74 Å². The summed E-state index contributed by atoms with van der Waals surface area (Å²) in [6.45, 7) is 3.32. The van der Waals surface area contributed by atoms with Gasteiger partial charge in [0, 0.05) is 13.1 Å². The molecule has 4 nitrogen and oxygen atoms in total. The number of hydrogen-bond donors (Lipinski definition) is 1. The molecule has 0 radical (unpaired) electrons. The number of nitrogens with zero attached hydrogens (tertiary/aromatic N) is 1. The van der Waals surface area contributed by atoms with Gasteiger partial charge in [0.15, 0.2) is 5.60 Å². The van der Waals surface area contributed by atoms with Gasteiger partial charge >= 0.3 is 0 Å². The second kappa shape index (κ2) is 5.04. The average molecular weight is 253 g/mol. The van der Waals surface area contributed by atoms with Gasteiger partial charge in [-0.05, 0) is 24.6 Å². The lowest BCUT2D eigenvalue weighted by atomic mass is 9.94. The molecule has 0 aliphatic carbocycles. The average Bonchev–Trinajstić information content (AvgIpc) is 2.39. The summed E-state index contributed by atoms with van der Waals surface area (Å²) >= 11 is 0. The van der Waals surface area contributed by atoms with Crippen molar-refractivity contribution in [1.29, 1.82) is 0 Å². The van der Waals surface area contributed by atoms with Crippen LogP contribution in [0.5, 0.6) is 0 Å². The van der Waals surface area contributed by atoms with Crippen LogP contribution in [0.2, 0.25) is 0 Å². The molecule has 1 amide bonds. The Bertz CT molecular complexity index is 424. The molecule has 0 saturated carbocycles. The zero-order valence-corrected chi connectivity index (χ0v) is 10.2. The molecule has 5 heteroatoms. The number of benzene rings is 1. The molecule has 1 saturated heterocycles. The Morgan fingerprint density at radius 1 is 1.33 bits per heavy atom. The Hall–Kier alpha value is -1.46. The minimum absolute atomic E-state index is 0.377. The summed E-state index contributed by atoms with van der Waals surface area (Å²) in [6.07, 6.45) is 0. The Morgan fingerprint density at radius 2 is 1.89 bits per heavy atom. The van der Waals surface area contributed by atoms with Crippen molar-refractivity contribution in [2.45, 2.75) is 12.5 Å². The summed E-state index contributed by atoms with van der Waals surface area (Å²) in [5.74, 6) is -0.772. The maximum Gasteiger partial charge on any atom is 0.259 e. The molecule has 1 fully saturated rings. The number of carbonyl (C=O) groups is 1. The van der Waals surface area contributed by atoms with Gasteiger partial charge in [0.2, 0.25) is 0 Å². The van der Waals surface area contributed by atoms with E-state index < -0.39 is 11.4 Å². The Morgan fingerprint density at radius 3 is 2.44 bits per heavy atom. The number of halogens is 1. The van der Waals surface area contributed by atoms with Crippen LogP contribution in [0.25, 0.3) is 0 Å². The van der Waals surface area contributed by atoms with Crippen molar-refractivity contribution in [3.8, 4) is 0 Å². The van der Waals surface area contributed by atoms with Crippen LogP contribution < -0.4 is 0 Å². The summed E-state index contributed by atoms with van der Waals surface area (Å²) in [6, 6.07) is 5.31. The maximum absolute atomic E-state index is 12.8. The van der Waals surface area contributed by atoms with Crippen LogP contribution in [0.15, 0.2) is 24.3 Å². The number of aliphatic hydroxyl groups is 1. The van der Waals surface area contributed by atoms with Crippen molar-refractivity contribution >= 4 is 5.91 Å². The van der Waals surface area contributed by atoms with Crippen LogP contribution in [0.3, 0.4) is 0 Å². The first-order valence-corrected chi connectivity index (χ1v) is 5.87. The van der Waals surface area contributed by atoms with Gasteiger partial charge in [-0.2, -0.15) is 0 Å². The molecule has 2 rings (SSSR count). The second-order valence-electron chi connectivity index (χ2n) is 4.48. The largest absolute Gasteiger partial charge is 0.378 e. The van der Waals surface area contributed by atoms with Crippen molar-refractivity contribution in [1.82, 2.24) is 4.90 Å². The second-order valence-corrected chi connectivity index (χ2v) is 4.48. The van der Waals surface area contributed by atoms with Crippen molar-refractivity contribution in [3.05, 3.63) is 35.6 Å². The molecule has 0 spiro atoms. The Labute approximate surface area is 105 Å². The van der Waals surface area contributed by atoms with E-state index in [-0.39, 0.29) is 5.91 Å². The first kappa shape index (κ1) is 13.0. The topological polar surface area (TPSA) is 49.8 Å². The Kier molecular flexibility index (Phi) is 3.63. The molecule has 1 aromatic rings. The van der Waals surface area contributed by atoms with E-state index in [0.717, 1.165) is 0 Å². The summed E-state index contributed by atoms with van der Waals surface area (Å²) in [5, 5.41) is 10.3. The lowest BCUT2D eigenvalue weighted by molar-refractivity contribution is -0.154. The van der Waals surface area contributed by atoms with Crippen LogP contribution in [-0.2, 0) is 15.1 Å². The van der Waals surface area contributed by atoms with Gasteiger partial charge < -0.3 is 14.7 Å². The fourth-order valence-corrected chi connectivity index (χ4v) is 1.97. The summed E-state index contributed by atoms with van der Waals surface area (Å²) in [4.78, 5) is 13.8. The SMILES string of the molecule is CC(O)(C(=O)N1CCOCC1)c1ccc(F)cc1. The molecule has 1 aliphatic rings. The zero-order valence-electron chi connectivity index (χ0n) is 10.2. The predicted molar refractivity (Wildman–Crippen MR) is 63.4 cm³/mol. The molecule has 98 valence electrons. The molecule has 0 aromatic heterocycles. The highest BCUT2D eigenvalue weighted by Gasteiger charge is 2.36. The van der Waals surface area contributed by atoms with Gasteiger partial charge in [0.05, 0.1) is 13.2 Å². The van der Waals surface area contributed by atoms with E-state index in [2.05, 4.69) is 0 Å². The highest BCUT2D eigenvalue weighted by molar-refractivity contribution is 5.86. The number of ether oxygens (including phenoxy) is 1. The van der Waals surface area contributed by atoms with Crippen molar-refractivity contribution in [3.63, 3.8) is 0 Å². The molecule has 1 aromatic carbocycles. The fourth-order valence-electron chi connectivity index (χ4n) is 1.97. The van der Waals surface area contributed by atoms with Gasteiger partial charge in [0.25, 0.3) is 5.91 Å². The van der Waals surface area contributed by atoms with Crippen LogP contribution in [0.4, 0.5) is 4.39 Å². The minimum atomic E-state index is -1.63. The fraction of sp³-hybridized carbons (Fsp3) is 0.462. The van der Waals surface area contributed by atoms with E-state index in [1.54, 1.807) is 4.90 Å². The molecule has 1 unspecified atom stereocenters. The number of carbonyl (C=O) groups excluding carboxylic acids is 1. The molecular formula is C13H16FNO3. The van der Waals surface area contributed by atoms with Gasteiger partial charge in [-0.3, -0.25) is 4.79 Å². The van der Waals surface area contributed by atoms with E-state index in [1.165, 1.54) is 31.2 Å². The maximum atomic E-state index is 12.8. The van der Waals surface area contributed by atoms with Gasteiger partial charge in [0.1, 0.15) is 5.82 Å². The van der Waals surface area contributed by atoms with E-state index in [0.29, 0.717) is 31.9 Å². The number of rotatable bonds is 2. The van der Waals surface area contributed by atoms with Crippen LogP contribution in [0, 0.1) is 5.82 Å². The number of hydrogen-bond acceptors (Lipinski definition) is 3. The first-order chi connectivity index (χ1) is 8.51. The standard InChI is InChI=1S/C13H16FNO3/c1-13(17,10-2-4-11(14)5-3-10)12(16)15-6-8-18-9-7-15/h2-5,17H,6-9H2,1H3. The first-order valence-electron chi connectivity index (χ1n) is 5.87. The third-order valence-electron chi connectivity index (χ3n) is 3.12. The Balaban J connectivity index is 2.18. The summed E-state index contributed by atoms with van der Waals surface area (Å²) < 4.78 is 18.0. The minimum Gasteiger partial charge on any atom is -0.378 e. The normalized spacial score (nSPS) is 19.4. The molecule has 1 aliphatic heterocycles. The van der Waals surface area contributed by atoms with Gasteiger partial charge in [-0.1, -0.05) is 12.1 Å². The third kappa shape index (κ3) is 2.52. The number of amides is 1. The van der Waals surface area contributed by atoms with Crippen LogP contribution >= 0.6 is 0 Å². The highest BCUT2D eigenvalue weighted by atomic mass is 19.1. The summed E-state index contributed by atoms with van der Waals surface area (Å²) in [7, 11) is 0. The van der Waals surface area contributed by atoms with Crippen LogP contribution in [-0.4, -0.2) is 42.2 Å². The van der Waals surface area contributed by atoms with Gasteiger partial charge in [-0.25, -0.2) is 4.39 Å². The highest BCUT2D eigenvalue weighted by Crippen LogP contribution is 2.24. The van der Waals surface area contributed by atoms with Crippen molar-refractivity contribution in [2.24, 2.45) is 0 Å². The summed E-state index contributed by atoms with van der Waals surface area (Å²) in [5.41, 5.74) is -1.24. The van der Waals surface area contributed by atoms with E-state index in [1.807, 2.05) is 0 Å².